The quantitative estimate of drug-likeness (QED) is 0.853. The first-order chi connectivity index (χ1) is 8.08. The molecule has 0 aliphatic rings. The Morgan fingerprint density at radius 1 is 1.47 bits per heavy atom. The third-order valence-electron chi connectivity index (χ3n) is 2.21. The van der Waals surface area contributed by atoms with Crippen molar-refractivity contribution >= 4 is 27.5 Å². The van der Waals surface area contributed by atoms with Gasteiger partial charge in [-0.3, -0.25) is 9.36 Å². The minimum atomic E-state index is -0.402. The van der Waals surface area contributed by atoms with E-state index in [2.05, 4.69) is 20.9 Å². The van der Waals surface area contributed by atoms with Gasteiger partial charge in [0, 0.05) is 16.8 Å². The number of hydrogen-bond donors (Lipinski definition) is 0. The Bertz CT molecular complexity index is 615. The highest BCUT2D eigenvalue weighted by Crippen LogP contribution is 2.15. The van der Waals surface area contributed by atoms with Crippen molar-refractivity contribution < 1.29 is 4.39 Å². The maximum absolute atomic E-state index is 13.5. The molecule has 0 spiro atoms. The number of halogens is 3. The summed E-state index contributed by atoms with van der Waals surface area (Å²) in [7, 11) is 0. The fourth-order valence-electron chi connectivity index (χ4n) is 1.38. The highest BCUT2D eigenvalue weighted by Gasteiger charge is 2.06. The molecule has 0 aliphatic heterocycles. The van der Waals surface area contributed by atoms with Crippen molar-refractivity contribution in [2.75, 3.05) is 0 Å². The predicted octanol–water partition coefficient (Wildman–Crippen LogP) is 2.85. The summed E-state index contributed by atoms with van der Waals surface area (Å²) in [6, 6.07) is 4.22. The van der Waals surface area contributed by atoms with Crippen LogP contribution < -0.4 is 5.56 Å². The van der Waals surface area contributed by atoms with E-state index in [0.717, 1.165) is 0 Å². The van der Waals surface area contributed by atoms with Gasteiger partial charge in [-0.1, -0.05) is 11.6 Å². The van der Waals surface area contributed by atoms with Gasteiger partial charge in [0.25, 0.3) is 5.56 Å². The zero-order valence-electron chi connectivity index (χ0n) is 8.53. The van der Waals surface area contributed by atoms with Gasteiger partial charge in [0.05, 0.1) is 12.9 Å². The van der Waals surface area contributed by atoms with Gasteiger partial charge in [-0.05, 0) is 34.1 Å². The molecule has 0 fully saturated rings. The summed E-state index contributed by atoms with van der Waals surface area (Å²) in [6.45, 7) is 0.0949. The van der Waals surface area contributed by atoms with Crippen molar-refractivity contribution in [2.45, 2.75) is 6.54 Å². The number of benzene rings is 1. The smallest absolute Gasteiger partial charge is 0.267 e. The molecule has 2 rings (SSSR count). The number of hydrogen-bond acceptors (Lipinski definition) is 2. The monoisotopic (exact) mass is 316 g/mol. The maximum atomic E-state index is 13.5. The Balaban J connectivity index is 2.41. The van der Waals surface area contributed by atoms with Gasteiger partial charge in [0.1, 0.15) is 10.3 Å². The molecule has 88 valence electrons. The molecule has 3 nitrogen and oxygen atoms in total. The van der Waals surface area contributed by atoms with E-state index in [1.807, 2.05) is 0 Å². The van der Waals surface area contributed by atoms with Crippen LogP contribution >= 0.6 is 27.5 Å². The van der Waals surface area contributed by atoms with Gasteiger partial charge in [-0.15, -0.1) is 0 Å². The summed E-state index contributed by atoms with van der Waals surface area (Å²) in [6.07, 6.45) is 2.75. The summed E-state index contributed by atoms with van der Waals surface area (Å²) < 4.78 is 15.1. The van der Waals surface area contributed by atoms with Crippen molar-refractivity contribution in [1.29, 1.82) is 0 Å². The lowest BCUT2D eigenvalue weighted by Crippen LogP contribution is -2.21. The second-order valence-electron chi connectivity index (χ2n) is 3.41. The van der Waals surface area contributed by atoms with Crippen molar-refractivity contribution in [3.05, 3.63) is 62.0 Å². The van der Waals surface area contributed by atoms with Crippen molar-refractivity contribution in [3.8, 4) is 0 Å². The maximum Gasteiger partial charge on any atom is 0.267 e. The van der Waals surface area contributed by atoms with E-state index in [1.54, 1.807) is 0 Å². The van der Waals surface area contributed by atoms with Crippen LogP contribution in [0.25, 0.3) is 0 Å². The first-order valence-corrected chi connectivity index (χ1v) is 5.89. The van der Waals surface area contributed by atoms with Crippen LogP contribution in [-0.2, 0) is 6.54 Å². The van der Waals surface area contributed by atoms with Crippen LogP contribution in [0.5, 0.6) is 0 Å². The summed E-state index contributed by atoms with van der Waals surface area (Å²) in [5, 5.41) is 0.428. The second-order valence-corrected chi connectivity index (χ2v) is 4.70. The molecule has 2 aromatic rings. The lowest BCUT2D eigenvalue weighted by atomic mass is 10.2. The molecule has 0 aliphatic carbocycles. The van der Waals surface area contributed by atoms with E-state index in [0.29, 0.717) is 15.1 Å². The number of rotatable bonds is 2. The van der Waals surface area contributed by atoms with E-state index in [4.69, 9.17) is 11.6 Å². The van der Waals surface area contributed by atoms with Crippen molar-refractivity contribution in [1.82, 2.24) is 9.55 Å². The van der Waals surface area contributed by atoms with Crippen LogP contribution in [0.4, 0.5) is 4.39 Å². The van der Waals surface area contributed by atoms with Gasteiger partial charge < -0.3 is 0 Å². The molecule has 1 aromatic carbocycles. The summed E-state index contributed by atoms with van der Waals surface area (Å²) in [5.74, 6) is -0.402. The lowest BCUT2D eigenvalue weighted by molar-refractivity contribution is 0.593. The molecule has 0 saturated carbocycles. The van der Waals surface area contributed by atoms with Crippen LogP contribution in [0.15, 0.2) is 40.0 Å². The van der Waals surface area contributed by atoms with Crippen LogP contribution in [-0.4, -0.2) is 9.55 Å². The highest BCUT2D eigenvalue weighted by atomic mass is 79.9. The molecule has 1 heterocycles. The van der Waals surface area contributed by atoms with E-state index >= 15 is 0 Å². The molecule has 6 heteroatoms. The Morgan fingerprint density at radius 2 is 2.24 bits per heavy atom. The van der Waals surface area contributed by atoms with E-state index < -0.39 is 5.82 Å². The van der Waals surface area contributed by atoms with E-state index in [9.17, 15) is 9.18 Å². The third-order valence-corrected chi connectivity index (χ3v) is 2.99. The fraction of sp³-hybridized carbons (Fsp3) is 0.0909. The van der Waals surface area contributed by atoms with Gasteiger partial charge >= 0.3 is 0 Å². The number of nitrogens with zero attached hydrogens (tertiary/aromatic N) is 2. The molecule has 0 bridgehead atoms. The van der Waals surface area contributed by atoms with Crippen molar-refractivity contribution in [2.24, 2.45) is 0 Å². The molecule has 1 aromatic heterocycles. The van der Waals surface area contributed by atoms with E-state index in [1.165, 1.54) is 35.3 Å². The average molecular weight is 318 g/mol. The third kappa shape index (κ3) is 2.73. The fourth-order valence-corrected chi connectivity index (χ4v) is 1.93. The zero-order valence-corrected chi connectivity index (χ0v) is 10.9. The van der Waals surface area contributed by atoms with Gasteiger partial charge in [-0.25, -0.2) is 9.37 Å². The Morgan fingerprint density at radius 3 is 3.00 bits per heavy atom. The molecular weight excluding hydrogens is 310 g/mol. The molecule has 0 atom stereocenters. The Labute approximate surface area is 110 Å². The molecule has 0 amide bonds. The van der Waals surface area contributed by atoms with Crippen LogP contribution in [0, 0.1) is 5.82 Å². The molecular formula is C11H7BrClFN2O. The van der Waals surface area contributed by atoms with E-state index in [-0.39, 0.29) is 12.1 Å². The predicted molar refractivity (Wildman–Crippen MR) is 66.7 cm³/mol. The SMILES string of the molecule is O=c1c(Br)cncn1Cc1cc(Cl)ccc1F. The van der Waals surface area contributed by atoms with Gasteiger partial charge in [0.2, 0.25) is 0 Å². The number of aromatic nitrogens is 2. The normalized spacial score (nSPS) is 10.5. The largest absolute Gasteiger partial charge is 0.294 e. The average Bonchev–Trinajstić information content (AvgIpc) is 2.30. The Kier molecular flexibility index (Phi) is 3.59. The van der Waals surface area contributed by atoms with Crippen LogP contribution in [0.2, 0.25) is 5.02 Å². The van der Waals surface area contributed by atoms with Crippen molar-refractivity contribution in [3.63, 3.8) is 0 Å². The lowest BCUT2D eigenvalue weighted by Gasteiger charge is -2.06. The summed E-state index contributed by atoms with van der Waals surface area (Å²) in [4.78, 5) is 15.5. The minimum absolute atomic E-state index is 0.0949. The molecule has 0 unspecified atom stereocenters. The standard InChI is InChI=1S/C11H7BrClFN2O/c12-9-4-15-6-16(11(9)17)5-7-3-8(13)1-2-10(7)14/h1-4,6H,5H2. The van der Waals surface area contributed by atoms with Gasteiger partial charge in [0.15, 0.2) is 0 Å². The van der Waals surface area contributed by atoms with Crippen LogP contribution in [0.1, 0.15) is 5.56 Å². The molecule has 0 N–H and O–H groups in total. The highest BCUT2D eigenvalue weighted by molar-refractivity contribution is 9.10. The molecule has 0 saturated heterocycles. The molecule has 0 radical (unpaired) electrons. The Hall–Kier alpha value is -1.20. The van der Waals surface area contributed by atoms with Gasteiger partial charge in [-0.2, -0.15) is 0 Å². The first kappa shape index (κ1) is 12.3. The molecule has 17 heavy (non-hydrogen) atoms. The topological polar surface area (TPSA) is 34.9 Å². The summed E-state index contributed by atoms with van der Waals surface area (Å²) >= 11 is 8.85. The minimum Gasteiger partial charge on any atom is -0.294 e. The first-order valence-electron chi connectivity index (χ1n) is 4.72. The zero-order chi connectivity index (χ0) is 12.4. The second kappa shape index (κ2) is 4.98. The summed E-state index contributed by atoms with van der Waals surface area (Å²) in [5.41, 5.74) is 0.0823. The van der Waals surface area contributed by atoms with Crippen LogP contribution in [0.3, 0.4) is 0 Å².